The lowest BCUT2D eigenvalue weighted by atomic mass is 10.2. The fourth-order valence-corrected chi connectivity index (χ4v) is 3.27. The highest BCUT2D eigenvalue weighted by atomic mass is 16.5. The molecule has 1 unspecified atom stereocenters. The maximum absolute atomic E-state index is 5.60. The van der Waals surface area contributed by atoms with E-state index in [1.165, 1.54) is 0 Å². The first-order chi connectivity index (χ1) is 14.2. The molecule has 2 N–H and O–H groups in total. The summed E-state index contributed by atoms with van der Waals surface area (Å²) in [6, 6.07) is 4.17. The van der Waals surface area contributed by atoms with Crippen molar-refractivity contribution in [1.29, 1.82) is 0 Å². The number of hydrogen-bond donors (Lipinski definition) is 2. The van der Waals surface area contributed by atoms with Crippen molar-refractivity contribution in [2.75, 3.05) is 37.7 Å². The summed E-state index contributed by atoms with van der Waals surface area (Å²) < 4.78 is 7.66. The zero-order valence-corrected chi connectivity index (χ0v) is 17.6. The fourth-order valence-electron chi connectivity index (χ4n) is 3.27. The number of aromatic nitrogens is 4. The highest BCUT2D eigenvalue weighted by molar-refractivity contribution is 5.79. The van der Waals surface area contributed by atoms with E-state index in [0.717, 1.165) is 68.9 Å². The molecule has 29 heavy (non-hydrogen) atoms. The van der Waals surface area contributed by atoms with Crippen molar-refractivity contribution in [3.63, 3.8) is 0 Å². The molecule has 1 saturated heterocycles. The lowest BCUT2D eigenvalue weighted by molar-refractivity contribution is 0.0529. The Bertz CT molecular complexity index is 773. The number of aryl methyl sites for hydroxylation is 1. The third-order valence-electron chi connectivity index (χ3n) is 4.80. The maximum atomic E-state index is 5.60. The first-order valence-corrected chi connectivity index (χ1v) is 10.4. The van der Waals surface area contributed by atoms with Gasteiger partial charge in [0.2, 0.25) is 0 Å². The van der Waals surface area contributed by atoms with Crippen LogP contribution >= 0.6 is 0 Å². The van der Waals surface area contributed by atoms with E-state index in [4.69, 9.17) is 4.74 Å². The van der Waals surface area contributed by atoms with Crippen LogP contribution in [0.5, 0.6) is 0 Å². The number of nitrogens with zero attached hydrogens (tertiary/aromatic N) is 6. The standard InChI is InChI=1S/C20H32N8O/c1-4-18-26-25-15-28(18)9-8-22-20(21-5-2)24-13-17-6-7-19(23-12-17)27-10-11-29-16(3)14-27/h6-7,12,15-16H,4-5,8-11,13-14H2,1-3H3,(H2,21,22,24). The van der Waals surface area contributed by atoms with Gasteiger partial charge >= 0.3 is 0 Å². The molecule has 0 saturated carbocycles. The normalized spacial score (nSPS) is 17.4. The average Bonchev–Trinajstić information content (AvgIpc) is 3.20. The zero-order chi connectivity index (χ0) is 20.5. The lowest BCUT2D eigenvalue weighted by Gasteiger charge is -2.32. The molecule has 9 nitrogen and oxygen atoms in total. The van der Waals surface area contributed by atoms with E-state index in [2.05, 4.69) is 73.2 Å². The van der Waals surface area contributed by atoms with Crippen LogP contribution in [0, 0.1) is 0 Å². The van der Waals surface area contributed by atoms with Gasteiger partial charge in [-0.25, -0.2) is 9.98 Å². The van der Waals surface area contributed by atoms with Crippen molar-refractivity contribution < 1.29 is 4.74 Å². The van der Waals surface area contributed by atoms with E-state index < -0.39 is 0 Å². The second-order valence-corrected chi connectivity index (χ2v) is 7.07. The van der Waals surface area contributed by atoms with E-state index in [-0.39, 0.29) is 6.10 Å². The van der Waals surface area contributed by atoms with Crippen molar-refractivity contribution in [2.45, 2.75) is 46.4 Å². The minimum absolute atomic E-state index is 0.245. The minimum Gasteiger partial charge on any atom is -0.375 e. The Morgan fingerprint density at radius 1 is 1.31 bits per heavy atom. The number of aliphatic imine (C=N–C) groups is 1. The van der Waals surface area contributed by atoms with Crippen molar-refractivity contribution in [2.24, 2.45) is 4.99 Å². The molecule has 0 amide bonds. The molecular weight excluding hydrogens is 368 g/mol. The number of guanidine groups is 1. The first kappa shape index (κ1) is 21.0. The predicted molar refractivity (Wildman–Crippen MR) is 114 cm³/mol. The fraction of sp³-hybridized carbons (Fsp3) is 0.600. The molecule has 1 aliphatic rings. The lowest BCUT2D eigenvalue weighted by Crippen LogP contribution is -2.41. The molecule has 0 aliphatic carbocycles. The summed E-state index contributed by atoms with van der Waals surface area (Å²) in [6.45, 7) is 11.7. The van der Waals surface area contributed by atoms with Crippen LogP contribution in [0.3, 0.4) is 0 Å². The Hall–Kier alpha value is -2.68. The number of anilines is 1. The number of rotatable bonds is 8. The maximum Gasteiger partial charge on any atom is 0.191 e. The van der Waals surface area contributed by atoms with Gasteiger partial charge in [-0.2, -0.15) is 0 Å². The van der Waals surface area contributed by atoms with Gasteiger partial charge in [0.05, 0.1) is 19.3 Å². The summed E-state index contributed by atoms with van der Waals surface area (Å²) in [5.74, 6) is 2.79. The number of ether oxygens (including phenoxy) is 1. The van der Waals surface area contributed by atoms with Crippen LogP contribution in [0.1, 0.15) is 32.2 Å². The van der Waals surface area contributed by atoms with Crippen LogP contribution in [0.15, 0.2) is 29.6 Å². The van der Waals surface area contributed by atoms with Crippen molar-refractivity contribution in [1.82, 2.24) is 30.4 Å². The monoisotopic (exact) mass is 400 g/mol. The largest absolute Gasteiger partial charge is 0.375 e. The first-order valence-electron chi connectivity index (χ1n) is 10.4. The highest BCUT2D eigenvalue weighted by Crippen LogP contribution is 2.15. The molecule has 1 aliphatic heterocycles. The highest BCUT2D eigenvalue weighted by Gasteiger charge is 2.17. The quantitative estimate of drug-likeness (QED) is 0.508. The Labute approximate surface area is 172 Å². The minimum atomic E-state index is 0.245. The van der Waals surface area contributed by atoms with Crippen molar-refractivity contribution >= 4 is 11.8 Å². The molecule has 0 spiro atoms. The van der Waals surface area contributed by atoms with Gasteiger partial charge in [-0.15, -0.1) is 10.2 Å². The topological polar surface area (TPSA) is 92.5 Å². The molecule has 158 valence electrons. The number of pyridine rings is 1. The molecule has 0 bridgehead atoms. The summed E-state index contributed by atoms with van der Waals surface area (Å²) in [4.78, 5) is 11.6. The molecule has 0 radical (unpaired) electrons. The van der Waals surface area contributed by atoms with Crippen LogP contribution in [0.25, 0.3) is 0 Å². The van der Waals surface area contributed by atoms with Gasteiger partial charge in [-0.05, 0) is 25.5 Å². The molecule has 1 fully saturated rings. The second kappa shape index (κ2) is 10.8. The summed E-state index contributed by atoms with van der Waals surface area (Å²) in [5, 5.41) is 14.7. The Morgan fingerprint density at radius 3 is 2.93 bits per heavy atom. The van der Waals surface area contributed by atoms with Crippen molar-refractivity contribution in [3.05, 3.63) is 36.0 Å². The van der Waals surface area contributed by atoms with Gasteiger partial charge < -0.3 is 24.8 Å². The molecule has 2 aromatic heterocycles. The van der Waals surface area contributed by atoms with Crippen LogP contribution < -0.4 is 15.5 Å². The summed E-state index contributed by atoms with van der Waals surface area (Å²) in [7, 11) is 0. The molecule has 3 rings (SSSR count). The van der Waals surface area contributed by atoms with Crippen LogP contribution in [-0.4, -0.2) is 64.6 Å². The summed E-state index contributed by atoms with van der Waals surface area (Å²) >= 11 is 0. The van der Waals surface area contributed by atoms with Crippen LogP contribution in [0.4, 0.5) is 5.82 Å². The van der Waals surface area contributed by atoms with Gasteiger partial charge in [0, 0.05) is 45.3 Å². The SMILES string of the molecule is CCNC(=NCc1ccc(N2CCOC(C)C2)nc1)NCCn1cnnc1CC. The molecule has 2 aromatic rings. The Morgan fingerprint density at radius 2 is 2.21 bits per heavy atom. The van der Waals surface area contributed by atoms with Gasteiger partial charge in [-0.1, -0.05) is 13.0 Å². The van der Waals surface area contributed by atoms with E-state index in [1.54, 1.807) is 6.33 Å². The van der Waals surface area contributed by atoms with E-state index in [1.807, 2.05) is 6.20 Å². The van der Waals surface area contributed by atoms with Gasteiger partial charge in [0.15, 0.2) is 5.96 Å². The molecule has 9 heteroatoms. The van der Waals surface area contributed by atoms with Crippen LogP contribution in [0.2, 0.25) is 0 Å². The third kappa shape index (κ3) is 6.15. The molecule has 1 atom stereocenters. The molecule has 0 aromatic carbocycles. The van der Waals surface area contributed by atoms with Gasteiger partial charge in [-0.3, -0.25) is 0 Å². The van der Waals surface area contributed by atoms with Crippen molar-refractivity contribution in [3.8, 4) is 0 Å². The van der Waals surface area contributed by atoms with E-state index in [9.17, 15) is 0 Å². The number of hydrogen-bond acceptors (Lipinski definition) is 6. The predicted octanol–water partition coefficient (Wildman–Crippen LogP) is 1.22. The Balaban J connectivity index is 1.52. The second-order valence-electron chi connectivity index (χ2n) is 7.07. The van der Waals surface area contributed by atoms with Gasteiger partial charge in [0.25, 0.3) is 0 Å². The smallest absolute Gasteiger partial charge is 0.191 e. The van der Waals surface area contributed by atoms with E-state index >= 15 is 0 Å². The summed E-state index contributed by atoms with van der Waals surface area (Å²) in [5.41, 5.74) is 1.08. The zero-order valence-electron chi connectivity index (χ0n) is 17.6. The summed E-state index contributed by atoms with van der Waals surface area (Å²) in [6.07, 6.45) is 4.80. The molecular formula is C20H32N8O. The van der Waals surface area contributed by atoms with Gasteiger partial charge in [0.1, 0.15) is 18.0 Å². The van der Waals surface area contributed by atoms with E-state index in [0.29, 0.717) is 6.54 Å². The van der Waals surface area contributed by atoms with Crippen LogP contribution in [-0.2, 0) is 24.2 Å². The number of nitrogens with one attached hydrogen (secondary N) is 2. The number of morpholine rings is 1. The molecule has 3 heterocycles. The average molecular weight is 401 g/mol. The third-order valence-corrected chi connectivity index (χ3v) is 4.80. The Kier molecular flexibility index (Phi) is 7.80.